The van der Waals surface area contributed by atoms with Crippen LogP contribution in [0.1, 0.15) is 5.56 Å². The lowest BCUT2D eigenvalue weighted by molar-refractivity contribution is 0.480. The van der Waals surface area contributed by atoms with Gasteiger partial charge < -0.3 is 10.5 Å². The van der Waals surface area contributed by atoms with Crippen LogP contribution in [0.5, 0.6) is 11.5 Å². The van der Waals surface area contributed by atoms with E-state index in [-0.39, 0.29) is 0 Å². The third kappa shape index (κ3) is 3.15. The van der Waals surface area contributed by atoms with Crippen LogP contribution in [0.4, 0.5) is 14.5 Å². The number of aromatic nitrogens is 1. The van der Waals surface area contributed by atoms with Crippen LogP contribution in [-0.2, 0) is 0 Å². The number of nitrogens with two attached hydrogens (primary N) is 1. The molecular formula is C18H11F2N3O. The zero-order valence-corrected chi connectivity index (χ0v) is 12.3. The average Bonchev–Trinajstić information content (AvgIpc) is 2.59. The van der Waals surface area contributed by atoms with E-state index in [9.17, 15) is 8.78 Å². The summed E-state index contributed by atoms with van der Waals surface area (Å²) >= 11 is 0. The average molecular weight is 323 g/mol. The number of nitrogens with zero attached hydrogens (tertiary/aromatic N) is 2. The first-order valence-corrected chi connectivity index (χ1v) is 6.95. The van der Waals surface area contributed by atoms with Gasteiger partial charge >= 0.3 is 0 Å². The smallest absolute Gasteiger partial charge is 0.159 e. The number of anilines is 1. The van der Waals surface area contributed by atoms with E-state index in [1.54, 1.807) is 18.2 Å². The van der Waals surface area contributed by atoms with Crippen LogP contribution in [-0.4, -0.2) is 4.98 Å². The van der Waals surface area contributed by atoms with Gasteiger partial charge in [-0.15, -0.1) is 0 Å². The van der Waals surface area contributed by atoms with Crippen LogP contribution in [0.3, 0.4) is 0 Å². The van der Waals surface area contributed by atoms with Crippen molar-refractivity contribution < 1.29 is 13.5 Å². The van der Waals surface area contributed by atoms with Crippen molar-refractivity contribution in [2.45, 2.75) is 0 Å². The minimum atomic E-state index is -0.934. The van der Waals surface area contributed by atoms with Gasteiger partial charge in [0.15, 0.2) is 11.6 Å². The zero-order chi connectivity index (χ0) is 17.1. The van der Waals surface area contributed by atoms with Gasteiger partial charge in [-0.2, -0.15) is 5.26 Å². The number of nitrogen functional groups attached to an aromatic ring is 1. The van der Waals surface area contributed by atoms with Crippen molar-refractivity contribution in [2.75, 3.05) is 5.73 Å². The molecule has 1 heterocycles. The predicted octanol–water partition coefficient (Wildman–Crippen LogP) is 4.27. The van der Waals surface area contributed by atoms with E-state index in [0.717, 1.165) is 12.1 Å². The van der Waals surface area contributed by atoms with Crippen molar-refractivity contribution in [1.82, 2.24) is 4.98 Å². The molecule has 0 spiro atoms. The maximum absolute atomic E-state index is 13.4. The Morgan fingerprint density at radius 1 is 0.917 bits per heavy atom. The second-order valence-electron chi connectivity index (χ2n) is 5.00. The molecule has 0 atom stereocenters. The summed E-state index contributed by atoms with van der Waals surface area (Å²) in [6.07, 6.45) is 3.00. The molecule has 0 fully saturated rings. The first kappa shape index (κ1) is 15.4. The highest BCUT2D eigenvalue weighted by Gasteiger charge is 2.07. The number of hydrogen-bond acceptors (Lipinski definition) is 4. The van der Waals surface area contributed by atoms with Gasteiger partial charge in [0.05, 0.1) is 11.8 Å². The standard InChI is InChI=1S/C18H11F2N3O/c19-16-3-1-11(7-17(16)20)13-6-15(10-23-9-13)24-14-2-4-18(22)12(5-14)8-21/h1-7,9-10H,22H2. The van der Waals surface area contributed by atoms with E-state index in [0.29, 0.717) is 33.9 Å². The summed E-state index contributed by atoms with van der Waals surface area (Å²) in [4.78, 5) is 4.04. The minimum absolute atomic E-state index is 0.303. The molecule has 0 amide bonds. The van der Waals surface area contributed by atoms with E-state index < -0.39 is 11.6 Å². The van der Waals surface area contributed by atoms with Crippen molar-refractivity contribution >= 4 is 5.69 Å². The predicted molar refractivity (Wildman–Crippen MR) is 85.2 cm³/mol. The number of nitriles is 1. The Hall–Kier alpha value is -3.46. The van der Waals surface area contributed by atoms with Gasteiger partial charge in [-0.25, -0.2) is 8.78 Å². The van der Waals surface area contributed by atoms with Crippen LogP contribution >= 0.6 is 0 Å². The van der Waals surface area contributed by atoms with Gasteiger partial charge in [0.2, 0.25) is 0 Å². The quantitative estimate of drug-likeness (QED) is 0.731. The number of rotatable bonds is 3. The third-order valence-corrected chi connectivity index (χ3v) is 3.35. The first-order valence-electron chi connectivity index (χ1n) is 6.95. The van der Waals surface area contributed by atoms with Crippen molar-refractivity contribution in [2.24, 2.45) is 0 Å². The molecule has 2 N–H and O–H groups in total. The highest BCUT2D eigenvalue weighted by Crippen LogP contribution is 2.28. The van der Waals surface area contributed by atoms with Gasteiger partial charge in [0, 0.05) is 23.5 Å². The summed E-state index contributed by atoms with van der Waals surface area (Å²) in [7, 11) is 0. The molecule has 0 unspecified atom stereocenters. The van der Waals surface area contributed by atoms with Gasteiger partial charge in [0.25, 0.3) is 0 Å². The summed E-state index contributed by atoms with van der Waals surface area (Å²) in [6.45, 7) is 0. The zero-order valence-electron chi connectivity index (χ0n) is 12.3. The Bertz CT molecular complexity index is 951. The SMILES string of the molecule is N#Cc1cc(Oc2cncc(-c3ccc(F)c(F)c3)c2)ccc1N. The Kier molecular flexibility index (Phi) is 4.08. The van der Waals surface area contributed by atoms with Gasteiger partial charge in [-0.05, 0) is 35.9 Å². The summed E-state index contributed by atoms with van der Waals surface area (Å²) in [5.74, 6) is -1.03. The van der Waals surface area contributed by atoms with Crippen LogP contribution in [0, 0.1) is 23.0 Å². The number of benzene rings is 2. The fourth-order valence-electron chi connectivity index (χ4n) is 2.14. The highest BCUT2D eigenvalue weighted by atomic mass is 19.2. The Labute approximate surface area is 136 Å². The minimum Gasteiger partial charge on any atom is -0.456 e. The molecule has 24 heavy (non-hydrogen) atoms. The van der Waals surface area contributed by atoms with E-state index in [1.165, 1.54) is 24.5 Å². The molecule has 3 rings (SSSR count). The topological polar surface area (TPSA) is 71.9 Å². The maximum atomic E-state index is 13.4. The molecule has 6 heteroatoms. The number of halogens is 2. The Balaban J connectivity index is 1.91. The van der Waals surface area contributed by atoms with Gasteiger partial charge in [-0.3, -0.25) is 4.98 Å². The van der Waals surface area contributed by atoms with Crippen LogP contribution in [0.2, 0.25) is 0 Å². The molecular weight excluding hydrogens is 312 g/mol. The fraction of sp³-hybridized carbons (Fsp3) is 0. The van der Waals surface area contributed by atoms with Crippen molar-refractivity contribution in [3.63, 3.8) is 0 Å². The van der Waals surface area contributed by atoms with Crippen molar-refractivity contribution in [3.8, 4) is 28.7 Å². The molecule has 0 radical (unpaired) electrons. The monoisotopic (exact) mass is 323 g/mol. The van der Waals surface area contributed by atoms with E-state index in [4.69, 9.17) is 15.7 Å². The van der Waals surface area contributed by atoms with Crippen molar-refractivity contribution in [1.29, 1.82) is 5.26 Å². The maximum Gasteiger partial charge on any atom is 0.159 e. The van der Waals surface area contributed by atoms with Crippen molar-refractivity contribution in [3.05, 3.63) is 72.1 Å². The Morgan fingerprint density at radius 3 is 2.50 bits per heavy atom. The molecule has 2 aromatic carbocycles. The van der Waals surface area contributed by atoms with Crippen LogP contribution in [0.15, 0.2) is 54.9 Å². The second kappa shape index (κ2) is 6.34. The molecule has 4 nitrogen and oxygen atoms in total. The number of pyridine rings is 1. The van der Waals surface area contributed by atoms with Gasteiger partial charge in [-0.1, -0.05) is 6.07 Å². The van der Waals surface area contributed by atoms with E-state index in [2.05, 4.69) is 4.98 Å². The molecule has 0 aliphatic rings. The molecule has 0 bridgehead atoms. The number of hydrogen-bond donors (Lipinski definition) is 1. The second-order valence-corrected chi connectivity index (χ2v) is 5.00. The van der Waals surface area contributed by atoms with E-state index >= 15 is 0 Å². The summed E-state index contributed by atoms with van der Waals surface area (Å²) in [6, 6.07) is 11.9. The lowest BCUT2D eigenvalue weighted by Gasteiger charge is -2.08. The lowest BCUT2D eigenvalue weighted by atomic mass is 10.1. The summed E-state index contributed by atoms with van der Waals surface area (Å²) in [5.41, 5.74) is 7.37. The molecule has 0 saturated carbocycles. The molecule has 3 aromatic rings. The van der Waals surface area contributed by atoms with E-state index in [1.807, 2.05) is 6.07 Å². The van der Waals surface area contributed by atoms with Gasteiger partial charge in [0.1, 0.15) is 17.6 Å². The number of ether oxygens (including phenoxy) is 1. The third-order valence-electron chi connectivity index (χ3n) is 3.35. The normalized spacial score (nSPS) is 10.2. The van der Waals surface area contributed by atoms with Crippen LogP contribution < -0.4 is 10.5 Å². The largest absolute Gasteiger partial charge is 0.456 e. The summed E-state index contributed by atoms with van der Waals surface area (Å²) in [5, 5.41) is 8.99. The molecule has 0 aliphatic carbocycles. The Morgan fingerprint density at radius 2 is 1.75 bits per heavy atom. The first-order chi connectivity index (χ1) is 11.6. The molecule has 0 saturated heterocycles. The fourth-order valence-corrected chi connectivity index (χ4v) is 2.14. The molecule has 0 aliphatic heterocycles. The highest BCUT2D eigenvalue weighted by molar-refractivity contribution is 5.64. The molecule has 1 aromatic heterocycles. The van der Waals surface area contributed by atoms with Crippen LogP contribution in [0.25, 0.3) is 11.1 Å². The summed E-state index contributed by atoms with van der Waals surface area (Å²) < 4.78 is 32.1. The lowest BCUT2D eigenvalue weighted by Crippen LogP contribution is -1.92. The molecule has 118 valence electrons.